The summed E-state index contributed by atoms with van der Waals surface area (Å²) in [6.07, 6.45) is 0.472. The van der Waals surface area contributed by atoms with Crippen LogP contribution in [0.4, 0.5) is 5.69 Å². The van der Waals surface area contributed by atoms with Gasteiger partial charge in [0.2, 0.25) is 5.91 Å². The molecule has 0 aliphatic carbocycles. The Labute approximate surface area is 175 Å². The van der Waals surface area contributed by atoms with Crippen LogP contribution in [0.25, 0.3) is 0 Å². The maximum absolute atomic E-state index is 13.2. The molecule has 0 spiro atoms. The number of halogens is 1. The van der Waals surface area contributed by atoms with Gasteiger partial charge in [-0.05, 0) is 47.9 Å². The molecule has 0 radical (unpaired) electrons. The van der Waals surface area contributed by atoms with Gasteiger partial charge in [0.15, 0.2) is 0 Å². The zero-order valence-electron chi connectivity index (χ0n) is 16.1. The third-order valence-electron chi connectivity index (χ3n) is 5.36. The fourth-order valence-corrected chi connectivity index (χ4v) is 3.85. The molecule has 29 heavy (non-hydrogen) atoms. The van der Waals surface area contributed by atoms with Crippen LogP contribution in [0.15, 0.2) is 72.8 Å². The van der Waals surface area contributed by atoms with Gasteiger partial charge in [0.05, 0.1) is 0 Å². The van der Waals surface area contributed by atoms with E-state index >= 15 is 0 Å². The van der Waals surface area contributed by atoms with E-state index in [1.165, 1.54) is 0 Å². The zero-order valence-corrected chi connectivity index (χ0v) is 16.8. The maximum Gasteiger partial charge on any atom is 0.254 e. The van der Waals surface area contributed by atoms with Crippen LogP contribution in [-0.4, -0.2) is 22.8 Å². The van der Waals surface area contributed by atoms with Crippen molar-refractivity contribution >= 4 is 29.1 Å². The summed E-state index contributed by atoms with van der Waals surface area (Å²) in [4.78, 5) is 28.1. The molecule has 0 unspecified atom stereocenters. The van der Waals surface area contributed by atoms with Crippen molar-refractivity contribution in [1.82, 2.24) is 4.90 Å². The van der Waals surface area contributed by atoms with E-state index < -0.39 is 6.04 Å². The topological polar surface area (TPSA) is 49.4 Å². The van der Waals surface area contributed by atoms with E-state index in [-0.39, 0.29) is 11.8 Å². The zero-order chi connectivity index (χ0) is 20.4. The Bertz CT molecular complexity index is 1070. The van der Waals surface area contributed by atoms with Crippen LogP contribution >= 0.6 is 11.6 Å². The number of fused-ring (bicyclic) bond motifs is 1. The van der Waals surface area contributed by atoms with E-state index in [0.29, 0.717) is 29.2 Å². The van der Waals surface area contributed by atoms with Crippen molar-refractivity contribution in [3.63, 3.8) is 0 Å². The molecule has 1 aliphatic rings. The summed E-state index contributed by atoms with van der Waals surface area (Å²) in [5, 5.41) is 3.56. The summed E-state index contributed by atoms with van der Waals surface area (Å²) in [7, 11) is 0. The highest BCUT2D eigenvalue weighted by molar-refractivity contribution is 6.31. The highest BCUT2D eigenvalue weighted by Gasteiger charge is 2.35. The molecule has 1 atom stereocenters. The second-order valence-electron chi connectivity index (χ2n) is 7.19. The SMILES string of the molecule is Cc1c(Cl)cccc1NC(=O)[C@@H]1Cc2ccccc2CN1C(=O)c1ccccc1. The maximum atomic E-state index is 13.2. The minimum Gasteiger partial charge on any atom is -0.324 e. The minimum atomic E-state index is -0.601. The average Bonchev–Trinajstić information content (AvgIpc) is 2.76. The van der Waals surface area contributed by atoms with E-state index in [0.717, 1.165) is 16.7 Å². The molecule has 5 heteroatoms. The Balaban J connectivity index is 1.67. The van der Waals surface area contributed by atoms with Crippen molar-refractivity contribution in [1.29, 1.82) is 0 Å². The van der Waals surface area contributed by atoms with Crippen LogP contribution < -0.4 is 5.32 Å². The summed E-state index contributed by atoms with van der Waals surface area (Å²) in [5.41, 5.74) is 4.20. The van der Waals surface area contributed by atoms with Crippen LogP contribution in [0.5, 0.6) is 0 Å². The summed E-state index contributed by atoms with van der Waals surface area (Å²) in [5.74, 6) is -0.364. The predicted molar refractivity (Wildman–Crippen MR) is 115 cm³/mol. The van der Waals surface area contributed by atoms with Crippen molar-refractivity contribution in [3.05, 3.63) is 100 Å². The van der Waals surface area contributed by atoms with E-state index in [1.807, 2.05) is 55.5 Å². The number of hydrogen-bond donors (Lipinski definition) is 1. The molecule has 1 aliphatic heterocycles. The summed E-state index contributed by atoms with van der Waals surface area (Å²) >= 11 is 6.19. The molecule has 0 bridgehead atoms. The predicted octanol–water partition coefficient (Wildman–Crippen LogP) is 4.85. The molecule has 4 rings (SSSR count). The van der Waals surface area contributed by atoms with Crippen molar-refractivity contribution in [2.24, 2.45) is 0 Å². The van der Waals surface area contributed by atoms with Gasteiger partial charge in [-0.15, -0.1) is 0 Å². The third kappa shape index (κ3) is 3.89. The van der Waals surface area contributed by atoms with Crippen molar-refractivity contribution in [3.8, 4) is 0 Å². The Morgan fingerprint density at radius 1 is 0.931 bits per heavy atom. The number of anilines is 1. The molecule has 0 saturated heterocycles. The number of carbonyl (C=O) groups excluding carboxylic acids is 2. The third-order valence-corrected chi connectivity index (χ3v) is 5.77. The van der Waals surface area contributed by atoms with Gasteiger partial charge in [0, 0.05) is 29.2 Å². The fourth-order valence-electron chi connectivity index (χ4n) is 3.68. The first kappa shape index (κ1) is 19.2. The molecule has 0 fully saturated rings. The average molecular weight is 405 g/mol. The number of amides is 2. The first-order valence-corrected chi connectivity index (χ1v) is 9.91. The van der Waals surface area contributed by atoms with Crippen molar-refractivity contribution in [2.45, 2.75) is 25.9 Å². The summed E-state index contributed by atoms with van der Waals surface area (Å²) < 4.78 is 0. The monoisotopic (exact) mass is 404 g/mol. The van der Waals surface area contributed by atoms with Gasteiger partial charge in [0.1, 0.15) is 6.04 Å². The van der Waals surface area contributed by atoms with E-state index in [2.05, 4.69) is 5.32 Å². The largest absolute Gasteiger partial charge is 0.324 e. The van der Waals surface area contributed by atoms with Gasteiger partial charge in [-0.2, -0.15) is 0 Å². The number of nitrogens with one attached hydrogen (secondary N) is 1. The Hall–Kier alpha value is -3.11. The van der Waals surface area contributed by atoms with Crippen LogP contribution in [0.2, 0.25) is 5.02 Å². The number of rotatable bonds is 3. The number of nitrogens with zero attached hydrogens (tertiary/aromatic N) is 1. The quantitative estimate of drug-likeness (QED) is 0.678. The molecule has 4 nitrogen and oxygen atoms in total. The Kier molecular flexibility index (Phi) is 5.36. The van der Waals surface area contributed by atoms with E-state index in [9.17, 15) is 9.59 Å². The van der Waals surface area contributed by atoms with Gasteiger partial charge < -0.3 is 10.2 Å². The Morgan fingerprint density at radius 2 is 1.62 bits per heavy atom. The second kappa shape index (κ2) is 8.10. The number of benzene rings is 3. The lowest BCUT2D eigenvalue weighted by molar-refractivity contribution is -0.121. The van der Waals surface area contributed by atoms with Crippen molar-refractivity contribution in [2.75, 3.05) is 5.32 Å². The van der Waals surface area contributed by atoms with Gasteiger partial charge in [-0.1, -0.05) is 60.1 Å². The highest BCUT2D eigenvalue weighted by atomic mass is 35.5. The van der Waals surface area contributed by atoms with Gasteiger partial charge in [0.25, 0.3) is 5.91 Å². The fraction of sp³-hybridized carbons (Fsp3) is 0.167. The molecule has 1 N–H and O–H groups in total. The lowest BCUT2D eigenvalue weighted by atomic mass is 9.92. The van der Waals surface area contributed by atoms with E-state index in [4.69, 9.17) is 11.6 Å². The lowest BCUT2D eigenvalue weighted by Crippen LogP contribution is -2.50. The molecular weight excluding hydrogens is 384 g/mol. The van der Waals surface area contributed by atoms with Gasteiger partial charge in [-0.25, -0.2) is 0 Å². The van der Waals surface area contributed by atoms with Crippen molar-refractivity contribution < 1.29 is 9.59 Å². The molecule has 0 aromatic heterocycles. The molecule has 146 valence electrons. The normalized spacial score (nSPS) is 15.5. The van der Waals surface area contributed by atoms with E-state index in [1.54, 1.807) is 29.2 Å². The second-order valence-corrected chi connectivity index (χ2v) is 7.60. The van der Waals surface area contributed by atoms with Crippen LogP contribution in [0.1, 0.15) is 27.0 Å². The number of hydrogen-bond acceptors (Lipinski definition) is 2. The molecule has 1 heterocycles. The molecule has 2 amide bonds. The highest BCUT2D eigenvalue weighted by Crippen LogP contribution is 2.28. The molecule has 3 aromatic carbocycles. The minimum absolute atomic E-state index is 0.150. The number of carbonyl (C=O) groups is 2. The standard InChI is InChI=1S/C24H21ClN2O2/c1-16-20(25)12-7-13-21(16)26-23(28)22-14-18-10-5-6-11-19(18)15-27(22)24(29)17-8-3-2-4-9-17/h2-13,22H,14-15H2,1H3,(H,26,28)/t22-/m0/s1. The van der Waals surface area contributed by atoms with Gasteiger partial charge in [-0.3, -0.25) is 9.59 Å². The van der Waals surface area contributed by atoms with Crippen LogP contribution in [0, 0.1) is 6.92 Å². The van der Waals surface area contributed by atoms with Crippen LogP contribution in [-0.2, 0) is 17.8 Å². The molecular formula is C24H21ClN2O2. The van der Waals surface area contributed by atoms with Crippen LogP contribution in [0.3, 0.4) is 0 Å². The first-order valence-electron chi connectivity index (χ1n) is 9.53. The van der Waals surface area contributed by atoms with Gasteiger partial charge >= 0.3 is 0 Å². The molecule has 0 saturated carbocycles. The summed E-state index contributed by atoms with van der Waals surface area (Å²) in [6.45, 7) is 2.26. The first-order chi connectivity index (χ1) is 14.0. The Morgan fingerprint density at radius 3 is 2.38 bits per heavy atom. The summed E-state index contributed by atoms with van der Waals surface area (Å²) in [6, 6.07) is 21.8. The molecule has 3 aromatic rings. The lowest BCUT2D eigenvalue weighted by Gasteiger charge is -2.36. The smallest absolute Gasteiger partial charge is 0.254 e.